The lowest BCUT2D eigenvalue weighted by Crippen LogP contribution is -2.17. The SMILES string of the molecule is COCCNc1ccc([N+](=O)[O-])cc1C(=O)Nc1ccc(Br)cc1F. The van der Waals surface area contributed by atoms with Crippen molar-refractivity contribution in [1.82, 2.24) is 0 Å². The number of nitro benzene ring substituents is 1. The Morgan fingerprint density at radius 3 is 2.64 bits per heavy atom. The molecule has 1 amide bonds. The topological polar surface area (TPSA) is 93.5 Å². The number of hydrogen-bond acceptors (Lipinski definition) is 5. The van der Waals surface area contributed by atoms with Crippen molar-refractivity contribution in [3.05, 3.63) is 62.4 Å². The molecule has 132 valence electrons. The van der Waals surface area contributed by atoms with Crippen molar-refractivity contribution in [3.8, 4) is 0 Å². The molecule has 2 aromatic carbocycles. The summed E-state index contributed by atoms with van der Waals surface area (Å²) in [5.41, 5.74) is 0.159. The van der Waals surface area contributed by atoms with Crippen LogP contribution in [0.25, 0.3) is 0 Å². The van der Waals surface area contributed by atoms with Crippen LogP contribution < -0.4 is 10.6 Å². The highest BCUT2D eigenvalue weighted by molar-refractivity contribution is 9.10. The largest absolute Gasteiger partial charge is 0.383 e. The Labute approximate surface area is 151 Å². The Morgan fingerprint density at radius 1 is 1.28 bits per heavy atom. The molecule has 0 aliphatic rings. The summed E-state index contributed by atoms with van der Waals surface area (Å²) in [6.07, 6.45) is 0. The quantitative estimate of drug-likeness (QED) is 0.410. The number of rotatable bonds is 7. The van der Waals surface area contributed by atoms with Gasteiger partial charge in [0.1, 0.15) is 5.82 Å². The molecule has 0 unspecified atom stereocenters. The average Bonchev–Trinajstić information content (AvgIpc) is 2.57. The van der Waals surface area contributed by atoms with Gasteiger partial charge in [0.05, 0.1) is 22.8 Å². The van der Waals surface area contributed by atoms with E-state index >= 15 is 0 Å². The van der Waals surface area contributed by atoms with E-state index in [1.54, 1.807) is 6.07 Å². The molecule has 7 nitrogen and oxygen atoms in total. The first kappa shape index (κ1) is 18.8. The predicted octanol–water partition coefficient (Wildman–Crippen LogP) is 3.81. The minimum atomic E-state index is -0.662. The van der Waals surface area contributed by atoms with E-state index in [4.69, 9.17) is 4.74 Å². The third kappa shape index (κ3) is 4.97. The summed E-state index contributed by atoms with van der Waals surface area (Å²) in [5.74, 6) is -1.29. The average molecular weight is 412 g/mol. The van der Waals surface area contributed by atoms with E-state index in [9.17, 15) is 19.3 Å². The van der Waals surface area contributed by atoms with Gasteiger partial charge in [-0.15, -0.1) is 0 Å². The second-order valence-electron chi connectivity index (χ2n) is 4.98. The summed E-state index contributed by atoms with van der Waals surface area (Å²) in [6.45, 7) is 0.792. The van der Waals surface area contributed by atoms with E-state index in [0.29, 0.717) is 23.3 Å². The molecular formula is C16H15BrFN3O4. The van der Waals surface area contributed by atoms with Gasteiger partial charge in [0.2, 0.25) is 0 Å². The van der Waals surface area contributed by atoms with E-state index < -0.39 is 16.6 Å². The smallest absolute Gasteiger partial charge is 0.270 e. The lowest BCUT2D eigenvalue weighted by Gasteiger charge is -2.12. The highest BCUT2D eigenvalue weighted by Gasteiger charge is 2.18. The maximum Gasteiger partial charge on any atom is 0.270 e. The van der Waals surface area contributed by atoms with Crippen LogP contribution in [-0.4, -0.2) is 31.1 Å². The summed E-state index contributed by atoms with van der Waals surface area (Å²) in [7, 11) is 1.53. The molecule has 2 aromatic rings. The number of nitro groups is 1. The lowest BCUT2D eigenvalue weighted by molar-refractivity contribution is -0.384. The highest BCUT2D eigenvalue weighted by atomic mass is 79.9. The molecule has 2 rings (SSSR count). The fourth-order valence-electron chi connectivity index (χ4n) is 2.06. The molecule has 2 N–H and O–H groups in total. The van der Waals surface area contributed by atoms with E-state index in [0.717, 1.165) is 6.07 Å². The molecule has 0 saturated carbocycles. The molecule has 0 saturated heterocycles. The second kappa shape index (κ2) is 8.54. The van der Waals surface area contributed by atoms with Crippen molar-refractivity contribution < 1.29 is 18.8 Å². The van der Waals surface area contributed by atoms with E-state index in [1.165, 1.54) is 31.4 Å². The van der Waals surface area contributed by atoms with Gasteiger partial charge in [-0.2, -0.15) is 0 Å². The summed E-state index contributed by atoms with van der Waals surface area (Å²) in [4.78, 5) is 22.9. The number of nitrogens with zero attached hydrogens (tertiary/aromatic N) is 1. The summed E-state index contributed by atoms with van der Waals surface area (Å²) in [6, 6.07) is 8.03. The molecule has 0 heterocycles. The van der Waals surface area contributed by atoms with Crippen LogP contribution in [-0.2, 0) is 4.74 Å². The Hall–Kier alpha value is -2.52. The third-order valence-electron chi connectivity index (χ3n) is 3.26. The molecule has 25 heavy (non-hydrogen) atoms. The normalized spacial score (nSPS) is 10.4. The number of ether oxygens (including phenoxy) is 1. The molecule has 0 aliphatic carbocycles. The molecule has 0 spiro atoms. The van der Waals surface area contributed by atoms with Gasteiger partial charge in [-0.3, -0.25) is 14.9 Å². The number of halogens is 2. The second-order valence-corrected chi connectivity index (χ2v) is 5.90. The number of amides is 1. The summed E-state index contributed by atoms with van der Waals surface area (Å²) < 4.78 is 19.3. The van der Waals surface area contributed by atoms with E-state index in [-0.39, 0.29) is 16.9 Å². The molecule has 0 aromatic heterocycles. The van der Waals surface area contributed by atoms with Crippen LogP contribution in [0.3, 0.4) is 0 Å². The van der Waals surface area contributed by atoms with Gasteiger partial charge in [0.25, 0.3) is 11.6 Å². The molecule has 9 heteroatoms. The number of carbonyl (C=O) groups is 1. The van der Waals surface area contributed by atoms with Crippen LogP contribution in [0.2, 0.25) is 0 Å². The monoisotopic (exact) mass is 411 g/mol. The Bertz CT molecular complexity index is 801. The van der Waals surface area contributed by atoms with Crippen LogP contribution in [0.5, 0.6) is 0 Å². The third-order valence-corrected chi connectivity index (χ3v) is 3.75. The zero-order chi connectivity index (χ0) is 18.4. The minimum Gasteiger partial charge on any atom is -0.383 e. The zero-order valence-corrected chi connectivity index (χ0v) is 14.8. The van der Waals surface area contributed by atoms with Crippen molar-refractivity contribution in [2.45, 2.75) is 0 Å². The van der Waals surface area contributed by atoms with Crippen molar-refractivity contribution in [3.63, 3.8) is 0 Å². The number of methoxy groups -OCH3 is 1. The Kier molecular flexibility index (Phi) is 6.43. The molecule has 0 bridgehead atoms. The standard InChI is InChI=1S/C16H15BrFN3O4/c1-25-7-6-19-14-5-3-11(21(23)24)9-12(14)16(22)20-15-4-2-10(17)8-13(15)18/h2-5,8-9,19H,6-7H2,1H3,(H,20,22). The first-order valence-electron chi connectivity index (χ1n) is 7.20. The molecule has 0 atom stereocenters. The lowest BCUT2D eigenvalue weighted by atomic mass is 10.1. The van der Waals surface area contributed by atoms with Crippen LogP contribution in [0, 0.1) is 15.9 Å². The molecule has 0 aliphatic heterocycles. The van der Waals surface area contributed by atoms with Crippen LogP contribution in [0.1, 0.15) is 10.4 Å². The van der Waals surface area contributed by atoms with Crippen LogP contribution in [0.15, 0.2) is 40.9 Å². The van der Waals surface area contributed by atoms with Gasteiger partial charge in [-0.25, -0.2) is 4.39 Å². The first-order valence-corrected chi connectivity index (χ1v) is 7.99. The number of benzene rings is 2. The van der Waals surface area contributed by atoms with Gasteiger partial charge in [-0.1, -0.05) is 15.9 Å². The van der Waals surface area contributed by atoms with Crippen LogP contribution in [0.4, 0.5) is 21.5 Å². The number of non-ortho nitro benzene ring substituents is 1. The van der Waals surface area contributed by atoms with Gasteiger partial charge < -0.3 is 15.4 Å². The fourth-order valence-corrected chi connectivity index (χ4v) is 2.39. The zero-order valence-electron chi connectivity index (χ0n) is 13.2. The maximum atomic E-state index is 13.9. The van der Waals surface area contributed by atoms with E-state index in [1.807, 2.05) is 0 Å². The highest BCUT2D eigenvalue weighted by Crippen LogP contribution is 2.25. The molecular weight excluding hydrogens is 397 g/mol. The van der Waals surface area contributed by atoms with E-state index in [2.05, 4.69) is 26.6 Å². The number of carbonyl (C=O) groups excluding carboxylic acids is 1. The molecule has 0 fully saturated rings. The van der Waals surface area contributed by atoms with Gasteiger partial charge in [0, 0.05) is 35.9 Å². The van der Waals surface area contributed by atoms with Crippen molar-refractivity contribution in [2.24, 2.45) is 0 Å². The van der Waals surface area contributed by atoms with Gasteiger partial charge in [0.15, 0.2) is 0 Å². The predicted molar refractivity (Wildman–Crippen MR) is 95.5 cm³/mol. The van der Waals surface area contributed by atoms with Gasteiger partial charge >= 0.3 is 0 Å². The van der Waals surface area contributed by atoms with Crippen molar-refractivity contribution in [2.75, 3.05) is 30.9 Å². The summed E-state index contributed by atoms with van der Waals surface area (Å²) in [5, 5.41) is 16.3. The van der Waals surface area contributed by atoms with Crippen molar-refractivity contribution in [1.29, 1.82) is 0 Å². The Balaban J connectivity index is 2.31. The van der Waals surface area contributed by atoms with Crippen molar-refractivity contribution >= 4 is 38.9 Å². The number of nitrogens with one attached hydrogen (secondary N) is 2. The fraction of sp³-hybridized carbons (Fsp3) is 0.188. The maximum absolute atomic E-state index is 13.9. The molecule has 0 radical (unpaired) electrons. The minimum absolute atomic E-state index is 0.0254. The number of anilines is 2. The van der Waals surface area contributed by atoms with Crippen LogP contribution >= 0.6 is 15.9 Å². The Morgan fingerprint density at radius 2 is 2.00 bits per heavy atom. The number of hydrogen-bond donors (Lipinski definition) is 2. The summed E-state index contributed by atoms with van der Waals surface area (Å²) >= 11 is 3.13. The van der Waals surface area contributed by atoms with Gasteiger partial charge in [-0.05, 0) is 24.3 Å². The first-order chi connectivity index (χ1) is 11.9.